The number of likely N-dealkylation sites (tertiary alicyclic amines) is 1. The third-order valence-electron chi connectivity index (χ3n) is 2.11. The molecular weight excluding hydrogens is 180 g/mol. The van der Waals surface area contributed by atoms with Gasteiger partial charge in [-0.05, 0) is 0 Å². The van der Waals surface area contributed by atoms with Crippen molar-refractivity contribution in [1.82, 2.24) is 4.90 Å². The summed E-state index contributed by atoms with van der Waals surface area (Å²) in [5.41, 5.74) is 0. The maximum atomic E-state index is 12.6. The fourth-order valence-corrected chi connectivity index (χ4v) is 1.35. The molecule has 0 spiro atoms. The first kappa shape index (κ1) is 10.4. The number of methoxy groups -OCH3 is 1. The number of nitrogens with zero attached hydrogens (tertiary/aromatic N) is 1. The smallest absolute Gasteiger partial charge is 0.306 e. The van der Waals surface area contributed by atoms with Crippen molar-refractivity contribution in [3.63, 3.8) is 0 Å². The van der Waals surface area contributed by atoms with Gasteiger partial charge in [0.15, 0.2) is 0 Å². The van der Waals surface area contributed by atoms with Crippen LogP contribution in [0.25, 0.3) is 0 Å². The molecule has 1 heterocycles. The Morgan fingerprint density at radius 2 is 2.31 bits per heavy atom. The second-order valence-electron chi connectivity index (χ2n) is 3.21. The number of ether oxygens (including phenoxy) is 1. The Morgan fingerprint density at radius 1 is 1.62 bits per heavy atom. The van der Waals surface area contributed by atoms with Crippen molar-refractivity contribution in [2.45, 2.75) is 18.8 Å². The molecule has 0 aromatic carbocycles. The van der Waals surface area contributed by atoms with Crippen molar-refractivity contribution in [3.05, 3.63) is 0 Å². The molecule has 76 valence electrons. The molecule has 1 aliphatic heterocycles. The largest absolute Gasteiger partial charge is 0.469 e. The Balaban J connectivity index is 2.21. The maximum absolute atomic E-state index is 12.6. The number of hydrogen-bond donors (Lipinski definition) is 0. The summed E-state index contributed by atoms with van der Waals surface area (Å²) in [4.78, 5) is 12.3. The Morgan fingerprint density at radius 3 is 2.77 bits per heavy atom. The summed E-state index contributed by atoms with van der Waals surface area (Å²) in [6, 6.07) is 0. The number of rotatable bonds is 3. The third kappa shape index (κ3) is 3.26. The van der Waals surface area contributed by atoms with Gasteiger partial charge in [0, 0.05) is 19.5 Å². The second-order valence-corrected chi connectivity index (χ2v) is 3.21. The molecule has 0 aliphatic carbocycles. The predicted molar refractivity (Wildman–Crippen MR) is 42.6 cm³/mol. The van der Waals surface area contributed by atoms with E-state index < -0.39 is 5.92 Å². The lowest BCUT2D eigenvalue weighted by molar-refractivity contribution is -0.141. The first-order chi connectivity index (χ1) is 6.03. The average molecular weight is 193 g/mol. The lowest BCUT2D eigenvalue weighted by Gasteiger charge is -2.13. The lowest BCUT2D eigenvalue weighted by atomic mass is 10.3. The summed E-state index contributed by atoms with van der Waals surface area (Å²) in [6.45, 7) is 0.496. The highest BCUT2D eigenvalue weighted by molar-refractivity contribution is 5.69. The van der Waals surface area contributed by atoms with Crippen LogP contribution in [0.2, 0.25) is 0 Å². The summed E-state index contributed by atoms with van der Waals surface area (Å²) < 4.78 is 29.7. The molecule has 1 saturated heterocycles. The minimum atomic E-state index is -2.57. The fraction of sp³-hybridized carbons (Fsp3) is 0.875. The van der Waals surface area contributed by atoms with Crippen LogP contribution >= 0.6 is 0 Å². The monoisotopic (exact) mass is 193 g/mol. The van der Waals surface area contributed by atoms with Crippen LogP contribution in [0.1, 0.15) is 12.8 Å². The molecule has 0 N–H and O–H groups in total. The predicted octanol–water partition coefficient (Wildman–Crippen LogP) is 0.890. The third-order valence-corrected chi connectivity index (χ3v) is 2.11. The van der Waals surface area contributed by atoms with E-state index in [1.165, 1.54) is 7.11 Å². The van der Waals surface area contributed by atoms with Crippen LogP contribution in [-0.2, 0) is 9.53 Å². The van der Waals surface area contributed by atoms with Crippen molar-refractivity contribution in [2.75, 3.05) is 26.7 Å². The number of hydrogen-bond acceptors (Lipinski definition) is 3. The number of carbonyl (C=O) groups excluding carboxylic acids is 1. The van der Waals surface area contributed by atoms with E-state index in [0.29, 0.717) is 13.1 Å². The summed E-state index contributed by atoms with van der Waals surface area (Å²) in [7, 11) is 1.29. The number of alkyl halides is 2. The highest BCUT2D eigenvalue weighted by atomic mass is 19.3. The van der Waals surface area contributed by atoms with Crippen molar-refractivity contribution in [2.24, 2.45) is 0 Å². The first-order valence-electron chi connectivity index (χ1n) is 4.20. The van der Waals surface area contributed by atoms with E-state index in [-0.39, 0.29) is 25.4 Å². The molecule has 0 saturated carbocycles. The zero-order valence-electron chi connectivity index (χ0n) is 7.56. The maximum Gasteiger partial charge on any atom is 0.306 e. The number of esters is 1. The molecular formula is C8H13F2NO2. The van der Waals surface area contributed by atoms with E-state index in [1.54, 1.807) is 4.90 Å². The van der Waals surface area contributed by atoms with Crippen LogP contribution in [-0.4, -0.2) is 43.5 Å². The van der Waals surface area contributed by atoms with Gasteiger partial charge in [-0.3, -0.25) is 9.69 Å². The molecule has 13 heavy (non-hydrogen) atoms. The Kier molecular flexibility index (Phi) is 3.19. The van der Waals surface area contributed by atoms with E-state index in [1.807, 2.05) is 0 Å². The van der Waals surface area contributed by atoms with Crippen LogP contribution in [0.5, 0.6) is 0 Å². The zero-order valence-corrected chi connectivity index (χ0v) is 7.56. The molecule has 1 fully saturated rings. The van der Waals surface area contributed by atoms with E-state index in [4.69, 9.17) is 0 Å². The summed E-state index contributed by atoms with van der Waals surface area (Å²) in [6.07, 6.45) is 0.0841. The molecule has 1 aliphatic rings. The van der Waals surface area contributed by atoms with Gasteiger partial charge in [0.2, 0.25) is 0 Å². The highest BCUT2D eigenvalue weighted by Gasteiger charge is 2.37. The Labute approximate surface area is 75.7 Å². The molecule has 0 bridgehead atoms. The van der Waals surface area contributed by atoms with Crippen molar-refractivity contribution >= 4 is 5.97 Å². The van der Waals surface area contributed by atoms with Gasteiger partial charge in [-0.15, -0.1) is 0 Å². The normalized spacial score (nSPS) is 21.8. The molecule has 0 radical (unpaired) electrons. The standard InChI is InChI=1S/C8H13F2NO2/c1-13-7(12)2-4-11-5-3-8(9,10)6-11/h2-6H2,1H3. The molecule has 0 amide bonds. The van der Waals surface area contributed by atoms with Crippen molar-refractivity contribution < 1.29 is 18.3 Å². The summed E-state index contributed by atoms with van der Waals surface area (Å²) in [5.74, 6) is -2.92. The average Bonchev–Trinajstić information content (AvgIpc) is 2.41. The van der Waals surface area contributed by atoms with Gasteiger partial charge >= 0.3 is 5.97 Å². The van der Waals surface area contributed by atoms with Crippen molar-refractivity contribution in [1.29, 1.82) is 0 Å². The van der Waals surface area contributed by atoms with E-state index in [0.717, 1.165) is 0 Å². The van der Waals surface area contributed by atoms with Crippen LogP contribution in [0.3, 0.4) is 0 Å². The first-order valence-corrected chi connectivity index (χ1v) is 4.20. The molecule has 5 heteroatoms. The van der Waals surface area contributed by atoms with Crippen LogP contribution in [0.15, 0.2) is 0 Å². The fourth-order valence-electron chi connectivity index (χ4n) is 1.35. The highest BCUT2D eigenvalue weighted by Crippen LogP contribution is 2.26. The summed E-state index contributed by atoms with van der Waals surface area (Å²) >= 11 is 0. The Hall–Kier alpha value is -0.710. The number of carbonyl (C=O) groups is 1. The van der Waals surface area contributed by atoms with Gasteiger partial charge in [-0.1, -0.05) is 0 Å². The Bertz CT molecular complexity index is 197. The molecule has 0 aromatic heterocycles. The van der Waals surface area contributed by atoms with Crippen molar-refractivity contribution in [3.8, 4) is 0 Å². The minimum Gasteiger partial charge on any atom is -0.469 e. The molecule has 3 nitrogen and oxygen atoms in total. The second kappa shape index (κ2) is 4.00. The summed E-state index contributed by atoms with van der Waals surface area (Å²) in [5, 5.41) is 0. The van der Waals surface area contributed by atoms with Gasteiger partial charge in [0.25, 0.3) is 5.92 Å². The minimum absolute atomic E-state index is 0.103. The number of halogens is 2. The lowest BCUT2D eigenvalue weighted by Crippen LogP contribution is -2.27. The van der Waals surface area contributed by atoms with Crippen LogP contribution in [0, 0.1) is 0 Å². The topological polar surface area (TPSA) is 29.5 Å². The SMILES string of the molecule is COC(=O)CCN1CCC(F)(F)C1. The van der Waals surface area contributed by atoms with Crippen LogP contribution < -0.4 is 0 Å². The van der Waals surface area contributed by atoms with E-state index >= 15 is 0 Å². The van der Waals surface area contributed by atoms with Gasteiger partial charge in [-0.2, -0.15) is 0 Å². The van der Waals surface area contributed by atoms with Gasteiger partial charge in [-0.25, -0.2) is 8.78 Å². The molecule has 1 rings (SSSR count). The van der Waals surface area contributed by atoms with Gasteiger partial charge in [0.1, 0.15) is 0 Å². The zero-order chi connectivity index (χ0) is 9.90. The molecule has 0 aromatic rings. The molecule has 0 atom stereocenters. The van der Waals surface area contributed by atoms with E-state index in [2.05, 4.69) is 4.74 Å². The molecule has 0 unspecified atom stereocenters. The quantitative estimate of drug-likeness (QED) is 0.623. The van der Waals surface area contributed by atoms with E-state index in [9.17, 15) is 13.6 Å². The van der Waals surface area contributed by atoms with Gasteiger partial charge in [0.05, 0.1) is 20.1 Å². The van der Waals surface area contributed by atoms with Gasteiger partial charge < -0.3 is 4.74 Å². The van der Waals surface area contributed by atoms with Crippen LogP contribution in [0.4, 0.5) is 8.78 Å².